The highest BCUT2D eigenvalue weighted by molar-refractivity contribution is 7.77. The van der Waals surface area contributed by atoms with Crippen LogP contribution in [0.15, 0.2) is 0 Å². The molecule has 4 saturated heterocycles. The van der Waals surface area contributed by atoms with Crippen LogP contribution in [0.4, 0.5) is 0 Å². The number of fused-ring (bicyclic) bond motifs is 2. The second kappa shape index (κ2) is 14.5. The zero-order valence-corrected chi connectivity index (χ0v) is 21.0. The highest BCUT2D eigenvalue weighted by atomic mass is 32.1. The summed E-state index contributed by atoms with van der Waals surface area (Å²) >= 11 is 8.95. The number of nitrogens with zero attached hydrogens (tertiary/aromatic N) is 4. The van der Waals surface area contributed by atoms with Crippen molar-refractivity contribution in [2.75, 3.05) is 59.5 Å². The fraction of sp³-hybridized carbons (Fsp3) is 1.00. The first-order chi connectivity index (χ1) is 13.6. The molecule has 4 heterocycles. The maximum atomic E-state index is 5.72. The number of thiol groups is 2. The van der Waals surface area contributed by atoms with Gasteiger partial charge in [-0.1, -0.05) is 60.2 Å². The Morgan fingerprint density at radius 2 is 1.57 bits per heavy atom. The van der Waals surface area contributed by atoms with E-state index in [1.807, 2.05) is 27.7 Å². The lowest BCUT2D eigenvalue weighted by Gasteiger charge is -2.32. The molecule has 168 valence electrons. The van der Waals surface area contributed by atoms with Gasteiger partial charge in [0.25, 0.3) is 0 Å². The number of ether oxygens (including phenoxy) is 1. The highest BCUT2D eigenvalue weighted by Crippen LogP contribution is 2.30. The Kier molecular flexibility index (Phi) is 13.7. The molecule has 0 aromatic carbocycles. The van der Waals surface area contributed by atoms with Gasteiger partial charge in [-0.25, -0.2) is 8.61 Å². The van der Waals surface area contributed by atoms with Gasteiger partial charge in [0.2, 0.25) is 0 Å². The normalized spacial score (nSPS) is 33.4. The number of piperidine rings is 1. The zero-order chi connectivity index (χ0) is 21.1. The van der Waals surface area contributed by atoms with Crippen LogP contribution in [0, 0.1) is 5.92 Å². The molecule has 0 aromatic rings. The molecule has 28 heavy (non-hydrogen) atoms. The van der Waals surface area contributed by atoms with E-state index in [4.69, 9.17) is 4.74 Å². The maximum Gasteiger partial charge on any atom is 0.0879 e. The summed E-state index contributed by atoms with van der Waals surface area (Å²) in [5, 5.41) is 0. The van der Waals surface area contributed by atoms with Crippen molar-refractivity contribution in [2.24, 2.45) is 5.92 Å². The van der Waals surface area contributed by atoms with Crippen LogP contribution in [0.25, 0.3) is 0 Å². The Bertz CT molecular complexity index is 405. The van der Waals surface area contributed by atoms with Gasteiger partial charge >= 0.3 is 0 Å². The van der Waals surface area contributed by atoms with E-state index < -0.39 is 0 Å². The molecular formula is C21H46N4OS2. The number of hydrogen-bond donors (Lipinski definition) is 2. The number of likely N-dealkylation sites (N-methyl/N-ethyl adjacent to an activating group) is 1. The van der Waals surface area contributed by atoms with E-state index in [1.54, 1.807) is 0 Å². The van der Waals surface area contributed by atoms with Gasteiger partial charge < -0.3 is 9.64 Å². The highest BCUT2D eigenvalue weighted by Gasteiger charge is 2.38. The molecule has 4 aliphatic rings. The minimum atomic E-state index is 0.401. The van der Waals surface area contributed by atoms with Crippen LogP contribution in [0.2, 0.25) is 0 Å². The molecule has 0 N–H and O–H groups in total. The van der Waals surface area contributed by atoms with Crippen molar-refractivity contribution < 1.29 is 4.74 Å². The quantitative estimate of drug-likeness (QED) is 0.647. The van der Waals surface area contributed by atoms with Gasteiger partial charge in [-0.2, -0.15) is 0 Å². The Morgan fingerprint density at radius 1 is 0.893 bits per heavy atom. The Morgan fingerprint density at radius 3 is 2.18 bits per heavy atom. The van der Waals surface area contributed by atoms with Gasteiger partial charge in [0, 0.05) is 45.3 Å². The number of rotatable bonds is 2. The molecule has 0 aliphatic carbocycles. The van der Waals surface area contributed by atoms with E-state index in [0.29, 0.717) is 12.1 Å². The third-order valence-corrected chi connectivity index (χ3v) is 6.81. The first-order valence-electron chi connectivity index (χ1n) is 11.5. The molecular weight excluding hydrogens is 388 g/mol. The van der Waals surface area contributed by atoms with Gasteiger partial charge in [-0.05, 0) is 38.8 Å². The summed E-state index contributed by atoms with van der Waals surface area (Å²) in [6.07, 6.45) is 4.37. The SMILES string of the molecule is CC.CC.CCCN1CC2OCCN(S)C2C1.CN1CC2CCCN(S)C2C1. The van der Waals surface area contributed by atoms with Crippen molar-refractivity contribution >= 4 is 25.6 Å². The van der Waals surface area contributed by atoms with Crippen LogP contribution < -0.4 is 0 Å². The van der Waals surface area contributed by atoms with Crippen LogP contribution in [-0.2, 0) is 4.74 Å². The van der Waals surface area contributed by atoms with E-state index in [1.165, 1.54) is 45.4 Å². The molecule has 4 aliphatic heterocycles. The minimum Gasteiger partial charge on any atom is -0.374 e. The van der Waals surface area contributed by atoms with E-state index in [2.05, 4.69) is 58.0 Å². The Balaban J connectivity index is 0.000000240. The Hall–Kier alpha value is 0.500. The molecule has 7 heteroatoms. The predicted octanol–water partition coefficient (Wildman–Crippen LogP) is 3.54. The van der Waals surface area contributed by atoms with E-state index >= 15 is 0 Å². The molecule has 0 radical (unpaired) electrons. The Labute approximate surface area is 186 Å². The van der Waals surface area contributed by atoms with Gasteiger partial charge in [-0.3, -0.25) is 4.90 Å². The average Bonchev–Trinajstić information content (AvgIpc) is 3.30. The van der Waals surface area contributed by atoms with Gasteiger partial charge in [0.1, 0.15) is 0 Å². The molecule has 0 bridgehead atoms. The van der Waals surface area contributed by atoms with E-state index in [9.17, 15) is 0 Å². The van der Waals surface area contributed by atoms with Crippen molar-refractivity contribution in [3.8, 4) is 0 Å². The van der Waals surface area contributed by atoms with Crippen LogP contribution in [0.1, 0.15) is 53.9 Å². The molecule has 4 fully saturated rings. The number of morpholine rings is 1. The average molecular weight is 435 g/mol. The molecule has 4 rings (SSSR count). The third kappa shape index (κ3) is 7.64. The van der Waals surface area contributed by atoms with E-state index in [0.717, 1.165) is 38.2 Å². The monoisotopic (exact) mass is 434 g/mol. The van der Waals surface area contributed by atoms with Gasteiger partial charge in [0.05, 0.1) is 18.8 Å². The van der Waals surface area contributed by atoms with Crippen molar-refractivity contribution in [1.82, 2.24) is 18.4 Å². The summed E-state index contributed by atoms with van der Waals surface area (Å²) in [4.78, 5) is 4.90. The molecule has 5 nitrogen and oxygen atoms in total. The summed E-state index contributed by atoms with van der Waals surface area (Å²) in [7, 11) is 2.21. The second-order valence-corrected chi connectivity index (χ2v) is 8.78. The van der Waals surface area contributed by atoms with Crippen LogP contribution in [0.3, 0.4) is 0 Å². The molecule has 0 aromatic heterocycles. The van der Waals surface area contributed by atoms with Gasteiger partial charge in [-0.15, -0.1) is 0 Å². The van der Waals surface area contributed by atoms with Crippen molar-refractivity contribution in [1.29, 1.82) is 0 Å². The molecule has 4 unspecified atom stereocenters. The summed E-state index contributed by atoms with van der Waals surface area (Å²) < 4.78 is 10.1. The standard InChI is InChI=1S/C9H18N2OS.C8H16N2S.2C2H6/c1-2-3-10-6-8-9(7-10)12-5-4-11(8)13;1-9-5-7-3-2-4-10(11)8(7)6-9;2*1-2/h8-9,13H,2-7H2,1H3;7-8,11H,2-6H2,1H3;2*1-2H3. The van der Waals surface area contributed by atoms with Crippen molar-refractivity contribution in [2.45, 2.75) is 72.1 Å². The van der Waals surface area contributed by atoms with Crippen LogP contribution in [-0.4, -0.2) is 96.1 Å². The maximum absolute atomic E-state index is 5.72. The minimum absolute atomic E-state index is 0.401. The summed E-state index contributed by atoms with van der Waals surface area (Å²) in [6, 6.07) is 1.25. The first kappa shape index (κ1) is 26.5. The lowest BCUT2D eigenvalue weighted by Crippen LogP contribution is -2.45. The largest absolute Gasteiger partial charge is 0.374 e. The fourth-order valence-electron chi connectivity index (χ4n) is 4.61. The van der Waals surface area contributed by atoms with Crippen LogP contribution >= 0.6 is 25.6 Å². The van der Waals surface area contributed by atoms with Crippen molar-refractivity contribution in [3.63, 3.8) is 0 Å². The smallest absolute Gasteiger partial charge is 0.0879 e. The topological polar surface area (TPSA) is 22.2 Å². The second-order valence-electron chi connectivity index (χ2n) is 7.75. The summed E-state index contributed by atoms with van der Waals surface area (Å²) in [5.74, 6) is 0.895. The lowest BCUT2D eigenvalue weighted by molar-refractivity contribution is -0.0119. The third-order valence-electron chi connectivity index (χ3n) is 5.82. The molecule has 0 spiro atoms. The predicted molar refractivity (Wildman–Crippen MR) is 128 cm³/mol. The first-order valence-corrected chi connectivity index (χ1v) is 12.3. The number of hydrogen-bond acceptors (Lipinski definition) is 7. The van der Waals surface area contributed by atoms with Crippen LogP contribution in [0.5, 0.6) is 0 Å². The molecule has 4 atom stereocenters. The summed E-state index contributed by atoms with van der Waals surface area (Å²) in [6.45, 7) is 19.1. The lowest BCUT2D eigenvalue weighted by atomic mass is 9.94. The zero-order valence-electron chi connectivity index (χ0n) is 19.2. The van der Waals surface area contributed by atoms with Gasteiger partial charge in [0.15, 0.2) is 0 Å². The fourth-order valence-corrected chi connectivity index (χ4v) is 5.32. The molecule has 0 saturated carbocycles. The molecule has 0 amide bonds. The number of likely N-dealkylation sites (tertiary alicyclic amines) is 2. The van der Waals surface area contributed by atoms with Crippen molar-refractivity contribution in [3.05, 3.63) is 0 Å². The van der Waals surface area contributed by atoms with E-state index in [-0.39, 0.29) is 0 Å². The summed E-state index contributed by atoms with van der Waals surface area (Å²) in [5.41, 5.74) is 0.